The first kappa shape index (κ1) is 31.9. The van der Waals surface area contributed by atoms with Gasteiger partial charge < -0.3 is 19.1 Å². The number of unbranched alkanes of at least 4 members (excludes halogenated alkanes) is 2. The number of sulfonamides is 1. The van der Waals surface area contributed by atoms with Crippen LogP contribution in [0.25, 0.3) is 0 Å². The highest BCUT2D eigenvalue weighted by molar-refractivity contribution is 7.89. The second-order valence-electron chi connectivity index (χ2n) is 11.0. The molecule has 1 amide bonds. The highest BCUT2D eigenvalue weighted by atomic mass is 32.2. The Kier molecular flexibility index (Phi) is 12.8. The summed E-state index contributed by atoms with van der Waals surface area (Å²) in [7, 11) is -2.31. The number of rotatable bonds is 14. The summed E-state index contributed by atoms with van der Waals surface area (Å²) >= 11 is 0. The molecule has 0 spiro atoms. The Morgan fingerprint density at radius 2 is 1.74 bits per heavy atom. The first-order chi connectivity index (χ1) is 17.9. The van der Waals surface area contributed by atoms with E-state index >= 15 is 0 Å². The van der Waals surface area contributed by atoms with Crippen molar-refractivity contribution in [1.29, 1.82) is 0 Å². The SMILES string of the molecule is CCCCS(=O)(=O)NC(Cc1ccc(OCCCCC2CCN(C(=O)OC(C)(C)C)CC2)cc1)C(=O)OC. The van der Waals surface area contributed by atoms with Crippen molar-refractivity contribution >= 4 is 22.1 Å². The highest BCUT2D eigenvalue weighted by Crippen LogP contribution is 2.24. The van der Waals surface area contributed by atoms with Gasteiger partial charge in [-0.2, -0.15) is 0 Å². The van der Waals surface area contributed by atoms with E-state index in [1.165, 1.54) is 7.11 Å². The summed E-state index contributed by atoms with van der Waals surface area (Å²) in [6.45, 7) is 9.68. The summed E-state index contributed by atoms with van der Waals surface area (Å²) in [5, 5.41) is 0. The van der Waals surface area contributed by atoms with Crippen molar-refractivity contribution in [3.8, 4) is 5.75 Å². The monoisotopic (exact) mass is 554 g/mol. The van der Waals surface area contributed by atoms with E-state index in [2.05, 4.69) is 4.72 Å². The lowest BCUT2D eigenvalue weighted by Gasteiger charge is -2.33. The molecule has 38 heavy (non-hydrogen) atoms. The first-order valence-electron chi connectivity index (χ1n) is 13.7. The maximum atomic E-state index is 12.3. The Morgan fingerprint density at radius 3 is 2.32 bits per heavy atom. The fourth-order valence-electron chi connectivity index (χ4n) is 4.34. The van der Waals surface area contributed by atoms with Gasteiger partial charge in [0.1, 0.15) is 17.4 Å². The molecule has 0 bridgehead atoms. The van der Waals surface area contributed by atoms with Gasteiger partial charge in [-0.3, -0.25) is 4.79 Å². The number of nitrogens with zero attached hydrogens (tertiary/aromatic N) is 1. The summed E-state index contributed by atoms with van der Waals surface area (Å²) < 4.78 is 43.1. The maximum absolute atomic E-state index is 12.3. The number of hydrogen-bond acceptors (Lipinski definition) is 7. The van der Waals surface area contributed by atoms with Crippen molar-refractivity contribution in [1.82, 2.24) is 9.62 Å². The predicted octanol–water partition coefficient (Wildman–Crippen LogP) is 4.69. The van der Waals surface area contributed by atoms with Crippen LogP contribution in [0.4, 0.5) is 4.79 Å². The normalized spacial score (nSPS) is 15.7. The predicted molar refractivity (Wildman–Crippen MR) is 148 cm³/mol. The van der Waals surface area contributed by atoms with Gasteiger partial charge in [0.2, 0.25) is 10.0 Å². The van der Waals surface area contributed by atoms with Gasteiger partial charge in [0.05, 0.1) is 19.5 Å². The molecule has 216 valence electrons. The van der Waals surface area contributed by atoms with Crippen LogP contribution in [-0.2, 0) is 30.7 Å². The maximum Gasteiger partial charge on any atom is 0.410 e. The van der Waals surface area contributed by atoms with Crippen LogP contribution < -0.4 is 9.46 Å². The number of benzene rings is 1. The highest BCUT2D eigenvalue weighted by Gasteiger charge is 2.27. The van der Waals surface area contributed by atoms with Crippen LogP contribution >= 0.6 is 0 Å². The van der Waals surface area contributed by atoms with E-state index in [1.54, 1.807) is 0 Å². The quantitative estimate of drug-likeness (QED) is 0.262. The molecule has 1 aromatic rings. The molecule has 1 N–H and O–H groups in total. The van der Waals surface area contributed by atoms with E-state index in [1.807, 2.05) is 56.9 Å². The molecule has 1 aliphatic rings. The third-order valence-corrected chi connectivity index (χ3v) is 7.95. The van der Waals surface area contributed by atoms with E-state index < -0.39 is 27.6 Å². The van der Waals surface area contributed by atoms with Gasteiger partial charge in [0.15, 0.2) is 0 Å². The van der Waals surface area contributed by atoms with Crippen LogP contribution in [0.15, 0.2) is 24.3 Å². The fourth-order valence-corrected chi connectivity index (χ4v) is 5.74. The van der Waals surface area contributed by atoms with E-state index in [0.717, 1.165) is 62.9 Å². The van der Waals surface area contributed by atoms with E-state index in [0.29, 0.717) is 18.9 Å². The summed E-state index contributed by atoms with van der Waals surface area (Å²) in [4.78, 5) is 26.2. The van der Waals surface area contributed by atoms with Gasteiger partial charge in [-0.05, 0) is 82.9 Å². The minimum Gasteiger partial charge on any atom is -0.494 e. The van der Waals surface area contributed by atoms with E-state index in [9.17, 15) is 18.0 Å². The molecule has 9 nitrogen and oxygen atoms in total. The zero-order chi connectivity index (χ0) is 28.2. The Labute approximate surface area is 228 Å². The molecule has 0 aliphatic carbocycles. The van der Waals surface area contributed by atoms with Gasteiger partial charge in [-0.1, -0.05) is 31.9 Å². The number of nitrogens with one attached hydrogen (secondary N) is 1. The van der Waals surface area contributed by atoms with Gasteiger partial charge in [0, 0.05) is 13.1 Å². The minimum atomic E-state index is -3.56. The molecule has 1 saturated heterocycles. The lowest BCUT2D eigenvalue weighted by Crippen LogP contribution is -2.43. The smallest absolute Gasteiger partial charge is 0.410 e. The van der Waals surface area contributed by atoms with Gasteiger partial charge in [-0.25, -0.2) is 17.9 Å². The summed E-state index contributed by atoms with van der Waals surface area (Å²) in [5.74, 6) is 0.725. The number of amides is 1. The Balaban J connectivity index is 1.70. The Morgan fingerprint density at radius 1 is 1.08 bits per heavy atom. The number of esters is 1. The molecule has 1 fully saturated rings. The van der Waals surface area contributed by atoms with Crippen molar-refractivity contribution in [3.05, 3.63) is 29.8 Å². The van der Waals surface area contributed by atoms with Crippen LogP contribution in [0.2, 0.25) is 0 Å². The molecule has 1 atom stereocenters. The number of likely N-dealkylation sites (tertiary alicyclic amines) is 1. The average Bonchev–Trinajstić information content (AvgIpc) is 2.86. The molecule has 1 unspecified atom stereocenters. The van der Waals surface area contributed by atoms with Crippen molar-refractivity contribution in [2.24, 2.45) is 5.92 Å². The average molecular weight is 555 g/mol. The van der Waals surface area contributed by atoms with Crippen LogP contribution in [-0.4, -0.2) is 69.6 Å². The zero-order valence-corrected chi connectivity index (χ0v) is 24.5. The largest absolute Gasteiger partial charge is 0.494 e. The lowest BCUT2D eigenvalue weighted by molar-refractivity contribution is -0.142. The number of piperidine rings is 1. The van der Waals surface area contributed by atoms with Crippen molar-refractivity contribution in [2.45, 2.75) is 90.7 Å². The number of methoxy groups -OCH3 is 1. The van der Waals surface area contributed by atoms with Crippen molar-refractivity contribution in [3.63, 3.8) is 0 Å². The number of carbonyl (C=O) groups excluding carboxylic acids is 2. The topological polar surface area (TPSA) is 111 Å². The van der Waals surface area contributed by atoms with Crippen molar-refractivity contribution < 1.29 is 32.2 Å². The molecule has 0 radical (unpaired) electrons. The molecule has 2 rings (SSSR count). The molecule has 1 heterocycles. The number of ether oxygens (including phenoxy) is 3. The molecule has 0 aromatic heterocycles. The molecule has 0 saturated carbocycles. The third-order valence-electron chi connectivity index (χ3n) is 6.48. The van der Waals surface area contributed by atoms with Gasteiger partial charge in [-0.15, -0.1) is 0 Å². The molecule has 1 aromatic carbocycles. The zero-order valence-electron chi connectivity index (χ0n) is 23.7. The Bertz CT molecular complexity index is 966. The van der Waals surface area contributed by atoms with Crippen LogP contribution in [0.3, 0.4) is 0 Å². The van der Waals surface area contributed by atoms with E-state index in [-0.39, 0.29) is 18.3 Å². The third kappa shape index (κ3) is 12.0. The number of carbonyl (C=O) groups is 2. The van der Waals surface area contributed by atoms with Crippen molar-refractivity contribution in [2.75, 3.05) is 32.6 Å². The molecule has 1 aliphatic heterocycles. The summed E-state index contributed by atoms with van der Waals surface area (Å²) in [5.41, 5.74) is 0.345. The van der Waals surface area contributed by atoms with Gasteiger partial charge in [0.25, 0.3) is 0 Å². The van der Waals surface area contributed by atoms with Gasteiger partial charge >= 0.3 is 12.1 Å². The lowest BCUT2D eigenvalue weighted by atomic mass is 9.92. The summed E-state index contributed by atoms with van der Waals surface area (Å²) in [6, 6.07) is 6.38. The molecule has 10 heteroatoms. The minimum absolute atomic E-state index is 0.0188. The molecular weight excluding hydrogens is 508 g/mol. The van der Waals surface area contributed by atoms with Crippen LogP contribution in [0.5, 0.6) is 5.75 Å². The second-order valence-corrected chi connectivity index (χ2v) is 12.8. The number of hydrogen-bond donors (Lipinski definition) is 1. The standard InChI is InChI=1S/C28H46N2O7S/c1-6-7-20-38(33,34)29-25(26(31)35-5)21-23-11-13-24(14-12-23)36-19-9-8-10-22-15-17-30(18-16-22)27(32)37-28(2,3)4/h11-14,22,25,29H,6-10,15-21H2,1-5H3. The summed E-state index contributed by atoms with van der Waals surface area (Å²) in [6.07, 6.45) is 6.39. The molecular formula is C28H46N2O7S. The first-order valence-corrected chi connectivity index (χ1v) is 15.3. The van der Waals surface area contributed by atoms with Crippen LogP contribution in [0, 0.1) is 5.92 Å². The Hall–Kier alpha value is -2.33. The van der Waals surface area contributed by atoms with E-state index in [4.69, 9.17) is 14.2 Å². The van der Waals surface area contributed by atoms with Crippen LogP contribution in [0.1, 0.15) is 78.2 Å². The fraction of sp³-hybridized carbons (Fsp3) is 0.714. The second kappa shape index (κ2) is 15.3.